The second-order valence-corrected chi connectivity index (χ2v) is 4.07. The van der Waals surface area contributed by atoms with Crippen molar-refractivity contribution in [2.45, 2.75) is 6.42 Å². The SMILES string of the molecule is CN1C=C(C(=O)Nc2ccncc2)CC=C1Cl. The largest absolute Gasteiger partial charge is 0.342 e. The second-order valence-electron chi connectivity index (χ2n) is 3.69. The average molecular weight is 250 g/mol. The van der Waals surface area contributed by atoms with Crippen molar-refractivity contribution in [2.75, 3.05) is 12.4 Å². The van der Waals surface area contributed by atoms with Gasteiger partial charge in [0, 0.05) is 43.3 Å². The summed E-state index contributed by atoms with van der Waals surface area (Å²) in [7, 11) is 1.80. The number of carbonyl (C=O) groups is 1. The number of rotatable bonds is 2. The molecular weight excluding hydrogens is 238 g/mol. The third-order valence-electron chi connectivity index (χ3n) is 2.41. The number of nitrogens with one attached hydrogen (secondary N) is 1. The predicted molar refractivity (Wildman–Crippen MR) is 67.3 cm³/mol. The Balaban J connectivity index is 2.05. The molecule has 1 aromatic rings. The standard InChI is InChI=1S/C12H12ClN3O/c1-16-8-9(2-3-11(16)13)12(17)15-10-4-6-14-7-5-10/h3-8H,2H2,1H3,(H,14,15,17). The molecule has 17 heavy (non-hydrogen) atoms. The Morgan fingerprint density at radius 3 is 2.82 bits per heavy atom. The molecular formula is C12H12ClN3O. The van der Waals surface area contributed by atoms with Crippen LogP contribution in [-0.2, 0) is 4.79 Å². The van der Waals surface area contributed by atoms with E-state index in [1.54, 1.807) is 42.7 Å². The summed E-state index contributed by atoms with van der Waals surface area (Å²) in [6.45, 7) is 0. The van der Waals surface area contributed by atoms with Crippen LogP contribution in [0.4, 0.5) is 5.69 Å². The third kappa shape index (κ3) is 2.85. The highest BCUT2D eigenvalue weighted by atomic mass is 35.5. The Labute approximate surface area is 105 Å². The molecule has 1 aromatic heterocycles. The van der Waals surface area contributed by atoms with E-state index in [0.717, 1.165) is 5.69 Å². The van der Waals surface area contributed by atoms with E-state index in [9.17, 15) is 4.79 Å². The van der Waals surface area contributed by atoms with E-state index >= 15 is 0 Å². The summed E-state index contributed by atoms with van der Waals surface area (Å²) < 4.78 is 0. The van der Waals surface area contributed by atoms with Crippen LogP contribution in [0.1, 0.15) is 6.42 Å². The van der Waals surface area contributed by atoms with Gasteiger partial charge in [-0.15, -0.1) is 0 Å². The van der Waals surface area contributed by atoms with E-state index in [2.05, 4.69) is 10.3 Å². The number of pyridine rings is 1. The number of allylic oxidation sites excluding steroid dienone is 1. The first-order valence-corrected chi connectivity index (χ1v) is 5.55. The van der Waals surface area contributed by atoms with Crippen LogP contribution >= 0.6 is 11.6 Å². The lowest BCUT2D eigenvalue weighted by atomic mass is 10.1. The lowest BCUT2D eigenvalue weighted by Crippen LogP contribution is -2.20. The fourth-order valence-corrected chi connectivity index (χ4v) is 1.61. The molecule has 0 unspecified atom stereocenters. The first kappa shape index (κ1) is 11.7. The van der Waals surface area contributed by atoms with Crippen LogP contribution in [0.15, 0.2) is 47.5 Å². The number of anilines is 1. The monoisotopic (exact) mass is 249 g/mol. The highest BCUT2D eigenvalue weighted by Crippen LogP contribution is 2.20. The summed E-state index contributed by atoms with van der Waals surface area (Å²) in [5, 5.41) is 3.43. The number of halogens is 1. The quantitative estimate of drug-likeness (QED) is 0.819. The first-order chi connectivity index (χ1) is 8.16. The van der Waals surface area contributed by atoms with Crippen molar-refractivity contribution in [3.05, 3.63) is 47.5 Å². The summed E-state index contributed by atoms with van der Waals surface area (Å²) in [6, 6.07) is 3.49. The number of hydrogen-bond donors (Lipinski definition) is 1. The van der Waals surface area contributed by atoms with Crippen molar-refractivity contribution >= 4 is 23.2 Å². The highest BCUT2D eigenvalue weighted by Gasteiger charge is 2.14. The minimum absolute atomic E-state index is 0.122. The smallest absolute Gasteiger partial charge is 0.253 e. The van der Waals surface area contributed by atoms with Gasteiger partial charge in [-0.05, 0) is 18.2 Å². The van der Waals surface area contributed by atoms with Gasteiger partial charge in [0.1, 0.15) is 5.16 Å². The summed E-state index contributed by atoms with van der Waals surface area (Å²) in [5.41, 5.74) is 1.41. The number of carbonyl (C=O) groups excluding carboxylic acids is 1. The maximum absolute atomic E-state index is 11.9. The minimum Gasteiger partial charge on any atom is -0.342 e. The molecule has 0 aromatic carbocycles. The van der Waals surface area contributed by atoms with Crippen LogP contribution in [0, 0.1) is 0 Å². The molecule has 1 aliphatic rings. The maximum atomic E-state index is 11.9. The Kier molecular flexibility index (Phi) is 3.44. The van der Waals surface area contributed by atoms with Crippen LogP contribution in [0.5, 0.6) is 0 Å². The molecule has 0 saturated heterocycles. The molecule has 2 rings (SSSR count). The molecule has 0 radical (unpaired) electrons. The van der Waals surface area contributed by atoms with Gasteiger partial charge in [0.05, 0.1) is 0 Å². The van der Waals surface area contributed by atoms with Crippen LogP contribution in [0.3, 0.4) is 0 Å². The number of amides is 1. The maximum Gasteiger partial charge on any atom is 0.253 e. The van der Waals surface area contributed by atoms with Crippen LogP contribution in [0.25, 0.3) is 0 Å². The van der Waals surface area contributed by atoms with Crippen molar-refractivity contribution < 1.29 is 4.79 Å². The van der Waals surface area contributed by atoms with Gasteiger partial charge in [-0.25, -0.2) is 0 Å². The molecule has 0 spiro atoms. The molecule has 0 bridgehead atoms. The van der Waals surface area contributed by atoms with Gasteiger partial charge in [-0.2, -0.15) is 0 Å². The summed E-state index contributed by atoms with van der Waals surface area (Å²) in [6.07, 6.45) is 7.35. The Morgan fingerprint density at radius 1 is 1.47 bits per heavy atom. The lowest BCUT2D eigenvalue weighted by Gasteiger charge is -2.19. The highest BCUT2D eigenvalue weighted by molar-refractivity contribution is 6.29. The van der Waals surface area contributed by atoms with Gasteiger partial charge in [0.25, 0.3) is 5.91 Å². The lowest BCUT2D eigenvalue weighted by molar-refractivity contribution is -0.113. The van der Waals surface area contributed by atoms with Gasteiger partial charge >= 0.3 is 0 Å². The zero-order chi connectivity index (χ0) is 12.3. The van der Waals surface area contributed by atoms with Gasteiger partial charge in [-0.3, -0.25) is 9.78 Å². The Hall–Kier alpha value is -1.81. The van der Waals surface area contributed by atoms with Crippen molar-refractivity contribution in [1.82, 2.24) is 9.88 Å². The molecule has 1 aliphatic heterocycles. The average Bonchev–Trinajstić information content (AvgIpc) is 2.34. The molecule has 0 atom stereocenters. The normalized spacial score (nSPS) is 15.1. The first-order valence-electron chi connectivity index (χ1n) is 5.17. The topological polar surface area (TPSA) is 45.2 Å². The molecule has 0 aliphatic carbocycles. The molecule has 1 amide bonds. The van der Waals surface area contributed by atoms with Gasteiger partial charge < -0.3 is 10.2 Å². The minimum atomic E-state index is -0.122. The van der Waals surface area contributed by atoms with Crippen LogP contribution in [-0.4, -0.2) is 22.8 Å². The Morgan fingerprint density at radius 2 is 2.18 bits per heavy atom. The third-order valence-corrected chi connectivity index (χ3v) is 2.83. The number of aromatic nitrogens is 1. The van der Waals surface area contributed by atoms with E-state index in [1.165, 1.54) is 0 Å². The van der Waals surface area contributed by atoms with Crippen molar-refractivity contribution in [1.29, 1.82) is 0 Å². The van der Waals surface area contributed by atoms with E-state index in [-0.39, 0.29) is 5.91 Å². The molecule has 2 heterocycles. The number of hydrogen-bond acceptors (Lipinski definition) is 3. The molecule has 88 valence electrons. The van der Waals surface area contributed by atoms with Gasteiger partial charge in [0.2, 0.25) is 0 Å². The fraction of sp³-hybridized carbons (Fsp3) is 0.167. The zero-order valence-electron chi connectivity index (χ0n) is 9.35. The molecule has 0 fully saturated rings. The van der Waals surface area contributed by atoms with Crippen LogP contribution < -0.4 is 5.32 Å². The van der Waals surface area contributed by atoms with Gasteiger partial charge in [0.15, 0.2) is 0 Å². The second kappa shape index (κ2) is 5.01. The summed E-state index contributed by atoms with van der Waals surface area (Å²) in [5.74, 6) is -0.122. The fourth-order valence-electron chi connectivity index (χ4n) is 1.48. The molecule has 1 N–H and O–H groups in total. The molecule has 0 saturated carbocycles. The van der Waals surface area contributed by atoms with E-state index in [4.69, 9.17) is 11.6 Å². The Bertz CT molecular complexity index is 482. The van der Waals surface area contributed by atoms with E-state index in [1.807, 2.05) is 6.08 Å². The van der Waals surface area contributed by atoms with Crippen molar-refractivity contribution in [3.63, 3.8) is 0 Å². The number of nitrogens with zero attached hydrogens (tertiary/aromatic N) is 2. The van der Waals surface area contributed by atoms with Crippen LogP contribution in [0.2, 0.25) is 0 Å². The van der Waals surface area contributed by atoms with Crippen molar-refractivity contribution in [2.24, 2.45) is 0 Å². The van der Waals surface area contributed by atoms with Crippen molar-refractivity contribution in [3.8, 4) is 0 Å². The predicted octanol–water partition coefficient (Wildman–Crippen LogP) is 2.32. The van der Waals surface area contributed by atoms with E-state index in [0.29, 0.717) is 17.2 Å². The molecule has 4 nitrogen and oxygen atoms in total. The van der Waals surface area contributed by atoms with E-state index < -0.39 is 0 Å². The van der Waals surface area contributed by atoms with Gasteiger partial charge in [-0.1, -0.05) is 11.6 Å². The molecule has 5 heteroatoms. The summed E-state index contributed by atoms with van der Waals surface area (Å²) in [4.78, 5) is 17.5. The summed E-state index contributed by atoms with van der Waals surface area (Å²) >= 11 is 5.90. The zero-order valence-corrected chi connectivity index (χ0v) is 10.1.